The molecule has 134 valence electrons. The van der Waals surface area contributed by atoms with Gasteiger partial charge in [0.15, 0.2) is 0 Å². The third-order valence-corrected chi connectivity index (χ3v) is 5.01. The molecule has 1 amide bonds. The third-order valence-electron chi connectivity index (χ3n) is 5.01. The predicted octanol–water partition coefficient (Wildman–Crippen LogP) is 3.39. The fourth-order valence-corrected chi connectivity index (χ4v) is 3.40. The standard InChI is InChI=1S/C20H25NO4/c1-4-24-20(23)15-6-5-7-21(11-15)19(22)10-16-12-25-18-9-14(3)13(2)8-17(16)18/h8-9,12,15H,4-7,10-11H2,1-3H3/t15-/m0/s1. The van der Waals surface area contributed by atoms with Crippen LogP contribution in [0.1, 0.15) is 36.5 Å². The number of amides is 1. The molecule has 1 aromatic heterocycles. The SMILES string of the molecule is CCOC(=O)[C@H]1CCCN(C(=O)Cc2coc3cc(C)c(C)cc23)C1. The molecule has 0 N–H and O–H groups in total. The number of rotatable bonds is 4. The molecule has 0 bridgehead atoms. The molecule has 1 aliphatic heterocycles. The maximum Gasteiger partial charge on any atom is 0.310 e. The number of carbonyl (C=O) groups excluding carboxylic acids is 2. The van der Waals surface area contributed by atoms with Crippen LogP contribution in [0.3, 0.4) is 0 Å². The molecule has 0 saturated carbocycles. The molecule has 0 aliphatic carbocycles. The summed E-state index contributed by atoms with van der Waals surface area (Å²) in [4.78, 5) is 26.5. The highest BCUT2D eigenvalue weighted by atomic mass is 16.5. The van der Waals surface area contributed by atoms with Gasteiger partial charge in [0.05, 0.1) is 25.2 Å². The minimum absolute atomic E-state index is 0.0370. The van der Waals surface area contributed by atoms with Crippen molar-refractivity contribution in [3.8, 4) is 0 Å². The lowest BCUT2D eigenvalue weighted by Crippen LogP contribution is -2.43. The van der Waals surface area contributed by atoms with Crippen molar-refractivity contribution in [3.63, 3.8) is 0 Å². The monoisotopic (exact) mass is 343 g/mol. The van der Waals surface area contributed by atoms with Crippen LogP contribution < -0.4 is 0 Å². The van der Waals surface area contributed by atoms with Gasteiger partial charge in [-0.05, 0) is 56.9 Å². The van der Waals surface area contributed by atoms with E-state index < -0.39 is 0 Å². The maximum absolute atomic E-state index is 12.7. The zero-order chi connectivity index (χ0) is 18.0. The van der Waals surface area contributed by atoms with Crippen molar-refractivity contribution in [2.45, 2.75) is 40.0 Å². The molecule has 1 saturated heterocycles. The number of piperidine rings is 1. The Bertz CT molecular complexity index is 792. The molecule has 1 aromatic carbocycles. The van der Waals surface area contributed by atoms with E-state index >= 15 is 0 Å². The fraction of sp³-hybridized carbons (Fsp3) is 0.500. The number of fused-ring (bicyclic) bond motifs is 1. The summed E-state index contributed by atoms with van der Waals surface area (Å²) in [6.45, 7) is 7.43. The lowest BCUT2D eigenvalue weighted by atomic mass is 9.97. The average Bonchev–Trinajstić information content (AvgIpc) is 2.97. The molecule has 2 heterocycles. The van der Waals surface area contributed by atoms with E-state index in [4.69, 9.17) is 9.15 Å². The van der Waals surface area contributed by atoms with Crippen LogP contribution in [0.2, 0.25) is 0 Å². The summed E-state index contributed by atoms with van der Waals surface area (Å²) in [5, 5.41) is 0.996. The number of likely N-dealkylation sites (tertiary alicyclic amines) is 1. The lowest BCUT2D eigenvalue weighted by molar-refractivity contribution is -0.151. The molecule has 5 heteroatoms. The van der Waals surface area contributed by atoms with Crippen molar-refractivity contribution in [1.82, 2.24) is 4.90 Å². The molecule has 1 fully saturated rings. The summed E-state index contributed by atoms with van der Waals surface area (Å²) in [7, 11) is 0. The number of benzene rings is 1. The zero-order valence-corrected chi connectivity index (χ0v) is 15.1. The van der Waals surface area contributed by atoms with Gasteiger partial charge in [-0.2, -0.15) is 0 Å². The number of furan rings is 1. The van der Waals surface area contributed by atoms with E-state index in [2.05, 4.69) is 13.0 Å². The second-order valence-electron chi connectivity index (χ2n) is 6.80. The molecular formula is C20H25NO4. The molecule has 0 radical (unpaired) electrons. The predicted molar refractivity (Wildman–Crippen MR) is 95.3 cm³/mol. The number of aryl methyl sites for hydroxylation is 2. The third kappa shape index (κ3) is 3.70. The van der Waals surface area contributed by atoms with Crippen molar-refractivity contribution in [2.75, 3.05) is 19.7 Å². The van der Waals surface area contributed by atoms with Gasteiger partial charge < -0.3 is 14.1 Å². The Morgan fingerprint density at radius 3 is 2.80 bits per heavy atom. The highest BCUT2D eigenvalue weighted by molar-refractivity contribution is 5.88. The van der Waals surface area contributed by atoms with Crippen molar-refractivity contribution < 1.29 is 18.7 Å². The summed E-state index contributed by atoms with van der Waals surface area (Å²) < 4.78 is 10.7. The second-order valence-corrected chi connectivity index (χ2v) is 6.80. The Kier molecular flexibility index (Phi) is 5.11. The van der Waals surface area contributed by atoms with Gasteiger partial charge in [0.25, 0.3) is 0 Å². The quantitative estimate of drug-likeness (QED) is 0.799. The van der Waals surface area contributed by atoms with E-state index in [1.165, 1.54) is 11.1 Å². The van der Waals surface area contributed by atoms with Crippen LogP contribution in [0.5, 0.6) is 0 Å². The van der Waals surface area contributed by atoms with Crippen LogP contribution >= 0.6 is 0 Å². The average molecular weight is 343 g/mol. The minimum atomic E-state index is -0.205. The van der Waals surface area contributed by atoms with Gasteiger partial charge in [0.2, 0.25) is 5.91 Å². The molecule has 5 nitrogen and oxygen atoms in total. The maximum atomic E-state index is 12.7. The summed E-state index contributed by atoms with van der Waals surface area (Å²) in [6.07, 6.45) is 3.59. The van der Waals surface area contributed by atoms with Crippen LogP contribution in [-0.4, -0.2) is 36.5 Å². The van der Waals surface area contributed by atoms with Crippen LogP contribution in [0.15, 0.2) is 22.8 Å². The van der Waals surface area contributed by atoms with Gasteiger partial charge in [0, 0.05) is 24.0 Å². The summed E-state index contributed by atoms with van der Waals surface area (Å²) in [6, 6.07) is 4.09. The Balaban J connectivity index is 1.72. The van der Waals surface area contributed by atoms with Gasteiger partial charge in [-0.15, -0.1) is 0 Å². The van der Waals surface area contributed by atoms with E-state index in [0.29, 0.717) is 26.1 Å². The lowest BCUT2D eigenvalue weighted by Gasteiger charge is -2.31. The van der Waals surface area contributed by atoms with E-state index in [1.807, 2.05) is 13.0 Å². The first kappa shape index (κ1) is 17.5. The van der Waals surface area contributed by atoms with Crippen molar-refractivity contribution in [1.29, 1.82) is 0 Å². The highest BCUT2D eigenvalue weighted by Crippen LogP contribution is 2.26. The molecule has 0 spiro atoms. The molecule has 2 aromatic rings. The Morgan fingerprint density at radius 1 is 1.28 bits per heavy atom. The van der Waals surface area contributed by atoms with Gasteiger partial charge in [-0.25, -0.2) is 0 Å². The first-order valence-electron chi connectivity index (χ1n) is 8.91. The molecule has 1 atom stereocenters. The van der Waals surface area contributed by atoms with E-state index in [1.54, 1.807) is 18.1 Å². The number of hydrogen-bond donors (Lipinski definition) is 0. The summed E-state index contributed by atoms with van der Waals surface area (Å²) >= 11 is 0. The van der Waals surface area contributed by atoms with Gasteiger partial charge in [-0.3, -0.25) is 9.59 Å². The molecule has 3 rings (SSSR count). The number of nitrogens with zero attached hydrogens (tertiary/aromatic N) is 1. The smallest absolute Gasteiger partial charge is 0.310 e. The first-order valence-corrected chi connectivity index (χ1v) is 8.91. The zero-order valence-electron chi connectivity index (χ0n) is 15.1. The molecular weight excluding hydrogens is 318 g/mol. The van der Waals surface area contributed by atoms with E-state index in [9.17, 15) is 9.59 Å². The number of ether oxygens (including phenoxy) is 1. The van der Waals surface area contributed by atoms with Crippen LogP contribution in [-0.2, 0) is 20.7 Å². The van der Waals surface area contributed by atoms with E-state index in [0.717, 1.165) is 29.4 Å². The van der Waals surface area contributed by atoms with Gasteiger partial charge >= 0.3 is 5.97 Å². The normalized spacial score (nSPS) is 17.7. The fourth-order valence-electron chi connectivity index (χ4n) is 3.40. The Labute approximate surface area is 147 Å². The Hall–Kier alpha value is -2.30. The number of hydrogen-bond acceptors (Lipinski definition) is 4. The second kappa shape index (κ2) is 7.30. The number of carbonyl (C=O) groups is 2. The molecule has 25 heavy (non-hydrogen) atoms. The van der Waals surface area contributed by atoms with Crippen molar-refractivity contribution in [2.24, 2.45) is 5.92 Å². The first-order chi connectivity index (χ1) is 12.0. The highest BCUT2D eigenvalue weighted by Gasteiger charge is 2.29. The summed E-state index contributed by atoms with van der Waals surface area (Å²) in [5.74, 6) is -0.363. The van der Waals surface area contributed by atoms with Crippen LogP contribution in [0.25, 0.3) is 11.0 Å². The van der Waals surface area contributed by atoms with Gasteiger partial charge in [-0.1, -0.05) is 0 Å². The molecule has 1 aliphatic rings. The van der Waals surface area contributed by atoms with Gasteiger partial charge in [0.1, 0.15) is 5.58 Å². The van der Waals surface area contributed by atoms with Crippen molar-refractivity contribution in [3.05, 3.63) is 35.1 Å². The number of esters is 1. The summed E-state index contributed by atoms with van der Waals surface area (Å²) in [5.41, 5.74) is 4.08. The Morgan fingerprint density at radius 2 is 2.04 bits per heavy atom. The van der Waals surface area contributed by atoms with Crippen LogP contribution in [0, 0.1) is 19.8 Å². The van der Waals surface area contributed by atoms with E-state index in [-0.39, 0.29) is 17.8 Å². The minimum Gasteiger partial charge on any atom is -0.466 e. The van der Waals surface area contributed by atoms with Crippen molar-refractivity contribution >= 4 is 22.8 Å². The van der Waals surface area contributed by atoms with Crippen LogP contribution in [0.4, 0.5) is 0 Å². The largest absolute Gasteiger partial charge is 0.466 e. The topological polar surface area (TPSA) is 59.8 Å². The molecule has 0 unspecified atom stereocenters.